The molecule has 4 aromatic rings. The summed E-state index contributed by atoms with van der Waals surface area (Å²) in [6.07, 6.45) is 7.91. The van der Waals surface area contributed by atoms with E-state index in [1.54, 1.807) is 21.5 Å². The minimum atomic E-state index is 0.0247. The van der Waals surface area contributed by atoms with Crippen molar-refractivity contribution in [2.75, 3.05) is 5.73 Å². The van der Waals surface area contributed by atoms with E-state index in [9.17, 15) is 4.79 Å². The lowest BCUT2D eigenvalue weighted by Gasteiger charge is -2.09. The number of nitrogens with two attached hydrogens (primary N) is 1. The zero-order valence-corrected chi connectivity index (χ0v) is 14.1. The van der Waals surface area contributed by atoms with Gasteiger partial charge in [-0.25, -0.2) is 9.67 Å². The first-order valence-corrected chi connectivity index (χ1v) is 8.67. The summed E-state index contributed by atoms with van der Waals surface area (Å²) >= 11 is 0. The van der Waals surface area contributed by atoms with E-state index in [1.165, 1.54) is 12.8 Å². The van der Waals surface area contributed by atoms with Crippen molar-refractivity contribution < 1.29 is 0 Å². The molecule has 1 aliphatic carbocycles. The highest BCUT2D eigenvalue weighted by atomic mass is 16.1. The number of fused-ring (bicyclic) bond motifs is 1. The van der Waals surface area contributed by atoms with Gasteiger partial charge < -0.3 is 15.3 Å². The van der Waals surface area contributed by atoms with E-state index in [0.717, 1.165) is 34.4 Å². The van der Waals surface area contributed by atoms with Crippen LogP contribution in [0, 0.1) is 5.92 Å². The number of hydrogen-bond acceptors (Lipinski definition) is 4. The van der Waals surface area contributed by atoms with Crippen LogP contribution in [-0.4, -0.2) is 24.3 Å². The van der Waals surface area contributed by atoms with Crippen molar-refractivity contribution in [3.05, 3.63) is 59.3 Å². The Hall–Kier alpha value is -3.35. The van der Waals surface area contributed by atoms with Gasteiger partial charge in [-0.2, -0.15) is 5.10 Å². The molecule has 0 radical (unpaired) electrons. The molecule has 3 heterocycles. The molecule has 0 atom stereocenters. The highest BCUT2D eigenvalue weighted by Crippen LogP contribution is 2.31. The number of nitrogens with one attached hydrogen (secondary N) is 1. The van der Waals surface area contributed by atoms with Gasteiger partial charge in [0.2, 0.25) is 0 Å². The van der Waals surface area contributed by atoms with E-state index in [4.69, 9.17) is 5.73 Å². The van der Waals surface area contributed by atoms with Crippen molar-refractivity contribution in [1.29, 1.82) is 0 Å². The minimum Gasteiger partial charge on any atom is -0.369 e. The molecule has 3 aromatic heterocycles. The van der Waals surface area contributed by atoms with Crippen LogP contribution in [-0.2, 0) is 6.54 Å². The number of aromatic amines is 1. The van der Waals surface area contributed by atoms with Crippen LogP contribution in [0.5, 0.6) is 0 Å². The van der Waals surface area contributed by atoms with Gasteiger partial charge in [-0.3, -0.25) is 4.79 Å². The SMILES string of the molecule is Nc1nc2cc(-c3ccn(CC4CC4)c(=O)c3)cc(-n3cccn3)c2[nH]1. The Balaban J connectivity index is 1.65. The molecular weight excluding hydrogens is 328 g/mol. The Labute approximate surface area is 149 Å². The van der Waals surface area contributed by atoms with Crippen LogP contribution in [0.1, 0.15) is 12.8 Å². The van der Waals surface area contributed by atoms with Gasteiger partial charge >= 0.3 is 0 Å². The molecule has 0 saturated heterocycles. The molecule has 130 valence electrons. The van der Waals surface area contributed by atoms with E-state index < -0.39 is 0 Å². The molecule has 5 rings (SSSR count). The summed E-state index contributed by atoms with van der Waals surface area (Å²) in [5.41, 5.74) is 10.0. The first-order valence-electron chi connectivity index (χ1n) is 8.67. The van der Waals surface area contributed by atoms with Crippen LogP contribution in [0.3, 0.4) is 0 Å². The maximum atomic E-state index is 12.5. The molecule has 1 aliphatic rings. The average Bonchev–Trinajstić information content (AvgIpc) is 3.13. The van der Waals surface area contributed by atoms with Gasteiger partial charge in [0.1, 0.15) is 0 Å². The summed E-state index contributed by atoms with van der Waals surface area (Å²) in [5, 5.41) is 4.31. The maximum absolute atomic E-state index is 12.5. The molecule has 0 amide bonds. The number of anilines is 1. The lowest BCUT2D eigenvalue weighted by molar-refractivity contribution is 0.607. The quantitative estimate of drug-likeness (QED) is 0.594. The predicted octanol–water partition coefficient (Wildman–Crippen LogP) is 2.57. The Morgan fingerprint density at radius 1 is 1.19 bits per heavy atom. The monoisotopic (exact) mass is 346 g/mol. The third-order valence-corrected chi connectivity index (χ3v) is 4.82. The van der Waals surface area contributed by atoms with Gasteiger partial charge in [-0.15, -0.1) is 0 Å². The number of nitrogen functional groups attached to an aromatic ring is 1. The topological polar surface area (TPSA) is 94.5 Å². The standard InChI is InChI=1S/C19H18N6O/c20-19-22-15-8-14(9-16(18(15)23-19)25-6-1-5-21-25)13-4-7-24(17(26)10-13)11-12-2-3-12/h1,4-10,12H,2-3,11H2,(H3,20,22,23). The second-order valence-corrected chi connectivity index (χ2v) is 6.81. The normalized spacial score (nSPS) is 14.2. The number of aromatic nitrogens is 5. The van der Waals surface area contributed by atoms with Crippen LogP contribution in [0.15, 0.2) is 53.7 Å². The fourth-order valence-corrected chi connectivity index (χ4v) is 3.29. The summed E-state index contributed by atoms with van der Waals surface area (Å²) in [6.45, 7) is 0.812. The Morgan fingerprint density at radius 2 is 2.08 bits per heavy atom. The van der Waals surface area contributed by atoms with Crippen molar-refractivity contribution in [2.45, 2.75) is 19.4 Å². The molecule has 0 unspecified atom stereocenters. The van der Waals surface area contributed by atoms with Crippen molar-refractivity contribution >= 4 is 17.0 Å². The number of benzene rings is 1. The van der Waals surface area contributed by atoms with Gasteiger partial charge in [-0.1, -0.05) is 0 Å². The van der Waals surface area contributed by atoms with Crippen molar-refractivity contribution in [2.24, 2.45) is 5.92 Å². The molecule has 0 spiro atoms. The lowest BCUT2D eigenvalue weighted by Crippen LogP contribution is -2.19. The van der Waals surface area contributed by atoms with Crippen LogP contribution in [0.25, 0.3) is 27.8 Å². The first kappa shape index (κ1) is 14.9. The summed E-state index contributed by atoms with van der Waals surface area (Å²) in [5.74, 6) is 1.01. The number of hydrogen-bond donors (Lipinski definition) is 2. The van der Waals surface area contributed by atoms with Crippen LogP contribution >= 0.6 is 0 Å². The van der Waals surface area contributed by atoms with Crippen molar-refractivity contribution in [1.82, 2.24) is 24.3 Å². The zero-order valence-electron chi connectivity index (χ0n) is 14.1. The van der Waals surface area contributed by atoms with Gasteiger partial charge in [0.05, 0.1) is 16.7 Å². The average molecular weight is 346 g/mol. The smallest absolute Gasteiger partial charge is 0.251 e. The van der Waals surface area contributed by atoms with Gasteiger partial charge in [0.25, 0.3) is 5.56 Å². The van der Waals surface area contributed by atoms with Crippen LogP contribution < -0.4 is 11.3 Å². The van der Waals surface area contributed by atoms with Gasteiger partial charge in [-0.05, 0) is 54.2 Å². The van der Waals surface area contributed by atoms with Crippen LogP contribution in [0.4, 0.5) is 5.95 Å². The van der Waals surface area contributed by atoms with Gasteiger partial charge in [0.15, 0.2) is 5.95 Å². The largest absolute Gasteiger partial charge is 0.369 e. The molecule has 1 aromatic carbocycles. The second-order valence-electron chi connectivity index (χ2n) is 6.81. The molecule has 7 heteroatoms. The molecule has 1 saturated carbocycles. The molecule has 26 heavy (non-hydrogen) atoms. The minimum absolute atomic E-state index is 0.0247. The number of pyridine rings is 1. The molecule has 1 fully saturated rings. The Morgan fingerprint density at radius 3 is 2.81 bits per heavy atom. The molecule has 3 N–H and O–H groups in total. The lowest BCUT2D eigenvalue weighted by atomic mass is 10.1. The molecular formula is C19H18N6O. The van der Waals surface area contributed by atoms with E-state index >= 15 is 0 Å². The summed E-state index contributed by atoms with van der Waals surface area (Å²) in [7, 11) is 0. The first-order chi connectivity index (χ1) is 12.7. The zero-order chi connectivity index (χ0) is 17.7. The summed E-state index contributed by atoms with van der Waals surface area (Å²) in [4.78, 5) is 19.9. The van der Waals surface area contributed by atoms with E-state index in [1.807, 2.05) is 36.7 Å². The number of rotatable bonds is 4. The summed E-state index contributed by atoms with van der Waals surface area (Å²) < 4.78 is 3.55. The number of nitrogens with zero attached hydrogens (tertiary/aromatic N) is 4. The third-order valence-electron chi connectivity index (χ3n) is 4.82. The fraction of sp³-hybridized carbons (Fsp3) is 0.211. The van der Waals surface area contributed by atoms with Gasteiger partial charge in [0, 0.05) is 31.2 Å². The van der Waals surface area contributed by atoms with E-state index in [-0.39, 0.29) is 5.56 Å². The maximum Gasteiger partial charge on any atom is 0.251 e. The third kappa shape index (κ3) is 2.57. The fourth-order valence-electron chi connectivity index (χ4n) is 3.29. The molecule has 7 nitrogen and oxygen atoms in total. The molecule has 0 bridgehead atoms. The summed E-state index contributed by atoms with van der Waals surface area (Å²) in [6, 6.07) is 9.46. The highest BCUT2D eigenvalue weighted by Gasteiger charge is 2.22. The number of H-pyrrole nitrogens is 1. The van der Waals surface area contributed by atoms with E-state index in [2.05, 4.69) is 15.1 Å². The Bertz CT molecular complexity index is 1150. The van der Waals surface area contributed by atoms with Crippen molar-refractivity contribution in [3.8, 4) is 16.8 Å². The van der Waals surface area contributed by atoms with Crippen LogP contribution in [0.2, 0.25) is 0 Å². The second kappa shape index (κ2) is 5.59. The van der Waals surface area contributed by atoms with Crippen molar-refractivity contribution in [3.63, 3.8) is 0 Å². The van der Waals surface area contributed by atoms with E-state index in [0.29, 0.717) is 11.9 Å². The predicted molar refractivity (Wildman–Crippen MR) is 100 cm³/mol. The highest BCUT2D eigenvalue weighted by molar-refractivity contribution is 5.90. The molecule has 0 aliphatic heterocycles. The Kier molecular flexibility index (Phi) is 3.21. The number of imidazole rings is 1.